The Hall–Kier alpha value is -1.35. The molecular weight excluding hydrogens is 214 g/mol. The Bertz CT molecular complexity index is 481. The van der Waals surface area contributed by atoms with Gasteiger partial charge in [-0.15, -0.1) is 0 Å². The lowest BCUT2D eigenvalue weighted by molar-refractivity contribution is 0.0598. The molecule has 1 unspecified atom stereocenters. The van der Waals surface area contributed by atoms with Gasteiger partial charge in [-0.25, -0.2) is 4.79 Å². The molecule has 0 saturated carbocycles. The predicted molar refractivity (Wildman–Crippen MR) is 65.3 cm³/mol. The van der Waals surface area contributed by atoms with Crippen LogP contribution in [0.15, 0.2) is 12.1 Å². The van der Waals surface area contributed by atoms with Gasteiger partial charge in [0.1, 0.15) is 0 Å². The molecule has 1 N–H and O–H groups in total. The molecule has 17 heavy (non-hydrogen) atoms. The fourth-order valence-electron chi connectivity index (χ4n) is 3.20. The van der Waals surface area contributed by atoms with Crippen LogP contribution >= 0.6 is 0 Å². The smallest absolute Gasteiger partial charge is 0.338 e. The minimum Gasteiger partial charge on any atom is -0.465 e. The average Bonchev–Trinajstić information content (AvgIpc) is 2.77. The molecular formula is C14H17NO2. The summed E-state index contributed by atoms with van der Waals surface area (Å²) in [7, 11) is 1.45. The summed E-state index contributed by atoms with van der Waals surface area (Å²) in [6, 6.07) is 4.47. The van der Waals surface area contributed by atoms with E-state index in [4.69, 9.17) is 4.74 Å². The van der Waals surface area contributed by atoms with Gasteiger partial charge in [0, 0.05) is 12.6 Å². The number of hydrogen-bond donors (Lipinski definition) is 1. The predicted octanol–water partition coefficient (Wildman–Crippen LogP) is 2.17. The van der Waals surface area contributed by atoms with Crippen molar-refractivity contribution < 1.29 is 9.53 Å². The molecule has 3 heteroatoms. The van der Waals surface area contributed by atoms with Crippen molar-refractivity contribution in [3.8, 4) is 0 Å². The van der Waals surface area contributed by atoms with Crippen LogP contribution < -0.4 is 5.32 Å². The molecule has 0 saturated heterocycles. The molecule has 0 amide bonds. The van der Waals surface area contributed by atoms with Crippen LogP contribution in [-0.4, -0.2) is 19.6 Å². The first-order valence-electron chi connectivity index (χ1n) is 6.19. The molecule has 1 aromatic rings. The Labute approximate surface area is 101 Å². The third-order valence-electron chi connectivity index (χ3n) is 4.00. The highest BCUT2D eigenvalue weighted by molar-refractivity contribution is 5.92. The SMILES string of the molecule is COC(=O)c1ccc2c3c1C(C)CN[C@@H]3CC2. The van der Waals surface area contributed by atoms with Crippen molar-refractivity contribution in [3.63, 3.8) is 0 Å². The van der Waals surface area contributed by atoms with Crippen LogP contribution in [0.5, 0.6) is 0 Å². The number of ether oxygens (including phenoxy) is 1. The largest absolute Gasteiger partial charge is 0.465 e. The Balaban J connectivity index is 2.21. The molecule has 3 rings (SSSR count). The number of rotatable bonds is 1. The highest BCUT2D eigenvalue weighted by Gasteiger charge is 2.34. The number of benzene rings is 1. The van der Waals surface area contributed by atoms with Crippen molar-refractivity contribution >= 4 is 5.97 Å². The van der Waals surface area contributed by atoms with E-state index in [1.54, 1.807) is 0 Å². The summed E-state index contributed by atoms with van der Waals surface area (Å²) in [5.74, 6) is 0.176. The zero-order valence-corrected chi connectivity index (χ0v) is 10.2. The van der Waals surface area contributed by atoms with E-state index in [9.17, 15) is 4.79 Å². The summed E-state index contributed by atoms with van der Waals surface area (Å²) in [6.45, 7) is 3.12. The van der Waals surface area contributed by atoms with Gasteiger partial charge in [0.05, 0.1) is 12.7 Å². The van der Waals surface area contributed by atoms with E-state index in [1.807, 2.05) is 6.07 Å². The number of carbonyl (C=O) groups is 1. The van der Waals surface area contributed by atoms with Crippen molar-refractivity contribution in [3.05, 3.63) is 34.4 Å². The first-order chi connectivity index (χ1) is 8.22. The quantitative estimate of drug-likeness (QED) is 0.753. The minimum atomic E-state index is -0.206. The third kappa shape index (κ3) is 1.49. The van der Waals surface area contributed by atoms with Crippen LogP contribution in [0, 0.1) is 0 Å². The average molecular weight is 231 g/mol. The number of aryl methyl sites for hydroxylation is 1. The van der Waals surface area contributed by atoms with Crippen LogP contribution in [0.25, 0.3) is 0 Å². The lowest BCUT2D eigenvalue weighted by Gasteiger charge is -2.30. The minimum absolute atomic E-state index is 0.206. The van der Waals surface area contributed by atoms with Crippen molar-refractivity contribution in [2.75, 3.05) is 13.7 Å². The zero-order chi connectivity index (χ0) is 12.0. The third-order valence-corrected chi connectivity index (χ3v) is 4.00. The lowest BCUT2D eigenvalue weighted by atomic mass is 9.84. The number of carbonyl (C=O) groups excluding carboxylic acids is 1. The van der Waals surface area contributed by atoms with Crippen LogP contribution in [-0.2, 0) is 11.2 Å². The standard InChI is InChI=1S/C14H17NO2/c1-8-7-15-11-6-4-9-3-5-10(14(16)17-2)12(8)13(9)11/h3,5,8,11,15H,4,6-7H2,1-2H3/t8?,11-/m1/s1. The van der Waals surface area contributed by atoms with Crippen molar-refractivity contribution in [1.29, 1.82) is 0 Å². The maximum atomic E-state index is 11.8. The summed E-state index contributed by atoms with van der Waals surface area (Å²) in [6.07, 6.45) is 2.27. The van der Waals surface area contributed by atoms with E-state index < -0.39 is 0 Å². The van der Waals surface area contributed by atoms with Crippen molar-refractivity contribution in [2.24, 2.45) is 0 Å². The van der Waals surface area contributed by atoms with E-state index in [0.29, 0.717) is 12.0 Å². The van der Waals surface area contributed by atoms with Gasteiger partial charge in [-0.2, -0.15) is 0 Å². The second-order valence-electron chi connectivity index (χ2n) is 4.99. The van der Waals surface area contributed by atoms with Gasteiger partial charge in [-0.3, -0.25) is 0 Å². The maximum Gasteiger partial charge on any atom is 0.338 e. The maximum absolute atomic E-state index is 11.8. The van der Waals surface area contributed by atoms with Gasteiger partial charge in [0.15, 0.2) is 0 Å². The molecule has 0 spiro atoms. The van der Waals surface area contributed by atoms with Gasteiger partial charge in [0.25, 0.3) is 0 Å². The monoisotopic (exact) mass is 231 g/mol. The molecule has 0 fully saturated rings. The highest BCUT2D eigenvalue weighted by Crippen LogP contribution is 2.41. The van der Waals surface area contributed by atoms with Crippen LogP contribution in [0.4, 0.5) is 0 Å². The summed E-state index contributed by atoms with van der Waals surface area (Å²) < 4.78 is 4.89. The summed E-state index contributed by atoms with van der Waals surface area (Å²) >= 11 is 0. The first kappa shape index (κ1) is 10.8. The summed E-state index contributed by atoms with van der Waals surface area (Å²) in [4.78, 5) is 11.8. The van der Waals surface area contributed by atoms with Crippen LogP contribution in [0.3, 0.4) is 0 Å². The fraction of sp³-hybridized carbons (Fsp3) is 0.500. The summed E-state index contributed by atoms with van der Waals surface area (Å²) in [5, 5.41) is 3.56. The molecule has 1 aliphatic heterocycles. The molecule has 0 aromatic heterocycles. The van der Waals surface area contributed by atoms with E-state index in [0.717, 1.165) is 24.9 Å². The summed E-state index contributed by atoms with van der Waals surface area (Å²) in [5.41, 5.74) is 4.74. The first-order valence-corrected chi connectivity index (χ1v) is 6.19. The Morgan fingerprint density at radius 2 is 2.24 bits per heavy atom. The van der Waals surface area contributed by atoms with E-state index >= 15 is 0 Å². The zero-order valence-electron chi connectivity index (χ0n) is 10.2. The fourth-order valence-corrected chi connectivity index (χ4v) is 3.20. The Kier molecular flexibility index (Phi) is 2.44. The van der Waals surface area contributed by atoms with Crippen molar-refractivity contribution in [2.45, 2.75) is 31.7 Å². The Morgan fingerprint density at radius 1 is 1.41 bits per heavy atom. The second-order valence-corrected chi connectivity index (χ2v) is 4.99. The van der Waals surface area contributed by atoms with Gasteiger partial charge in [0.2, 0.25) is 0 Å². The van der Waals surface area contributed by atoms with Gasteiger partial charge in [-0.1, -0.05) is 13.0 Å². The molecule has 2 aliphatic rings. The lowest BCUT2D eigenvalue weighted by Crippen LogP contribution is -2.32. The topological polar surface area (TPSA) is 38.3 Å². The van der Waals surface area contributed by atoms with Crippen molar-refractivity contribution in [1.82, 2.24) is 5.32 Å². The van der Waals surface area contributed by atoms with Gasteiger partial charge >= 0.3 is 5.97 Å². The van der Waals surface area contributed by atoms with E-state index in [-0.39, 0.29) is 5.97 Å². The van der Waals surface area contributed by atoms with Gasteiger partial charge in [-0.05, 0) is 41.5 Å². The normalized spacial score (nSPS) is 25.5. The van der Waals surface area contributed by atoms with E-state index in [1.165, 1.54) is 23.8 Å². The number of esters is 1. The highest BCUT2D eigenvalue weighted by atomic mass is 16.5. The number of hydrogen-bond acceptors (Lipinski definition) is 3. The molecule has 3 nitrogen and oxygen atoms in total. The molecule has 0 bridgehead atoms. The van der Waals surface area contributed by atoms with E-state index in [2.05, 4.69) is 18.3 Å². The van der Waals surface area contributed by atoms with Crippen LogP contribution in [0.1, 0.15) is 52.4 Å². The molecule has 90 valence electrons. The Morgan fingerprint density at radius 3 is 3.00 bits per heavy atom. The second kappa shape index (κ2) is 3.84. The molecule has 1 heterocycles. The van der Waals surface area contributed by atoms with Crippen LogP contribution in [0.2, 0.25) is 0 Å². The molecule has 1 aromatic carbocycles. The molecule has 0 radical (unpaired) electrons. The van der Waals surface area contributed by atoms with Gasteiger partial charge < -0.3 is 10.1 Å². The molecule has 2 atom stereocenters. The number of methoxy groups -OCH3 is 1. The molecule has 1 aliphatic carbocycles. The number of nitrogens with one attached hydrogen (secondary N) is 1.